The molecular formula is C17H19ClN2O3S. The second kappa shape index (κ2) is 7.34. The number of nitrogens with one attached hydrogen (secondary N) is 1. The second-order valence-corrected chi connectivity index (χ2v) is 7.98. The first-order chi connectivity index (χ1) is 11.2. The lowest BCUT2D eigenvalue weighted by atomic mass is 10.2. The molecule has 5 nitrogen and oxygen atoms in total. The van der Waals surface area contributed by atoms with Crippen molar-refractivity contribution in [3.05, 3.63) is 58.6 Å². The zero-order valence-electron chi connectivity index (χ0n) is 13.7. The van der Waals surface area contributed by atoms with E-state index in [1.54, 1.807) is 49.4 Å². The number of sulfonamides is 1. The summed E-state index contributed by atoms with van der Waals surface area (Å²) in [6.07, 6.45) is 0. The molecule has 0 saturated heterocycles. The van der Waals surface area contributed by atoms with Gasteiger partial charge in [0.1, 0.15) is 0 Å². The number of carbonyl (C=O) groups is 1. The monoisotopic (exact) mass is 366 g/mol. The van der Waals surface area contributed by atoms with Crippen molar-refractivity contribution < 1.29 is 13.2 Å². The lowest BCUT2D eigenvalue weighted by molar-refractivity contribution is -0.116. The fraction of sp³-hybridized carbons (Fsp3) is 0.235. The van der Waals surface area contributed by atoms with E-state index >= 15 is 0 Å². The van der Waals surface area contributed by atoms with E-state index in [0.29, 0.717) is 16.3 Å². The molecule has 0 heterocycles. The molecule has 1 N–H and O–H groups in total. The Hall–Kier alpha value is -1.89. The first kappa shape index (κ1) is 18.4. The molecule has 24 heavy (non-hydrogen) atoms. The maximum Gasteiger partial charge on any atom is 0.243 e. The van der Waals surface area contributed by atoms with E-state index in [0.717, 1.165) is 9.87 Å². The molecule has 0 bridgehead atoms. The van der Waals surface area contributed by atoms with Crippen LogP contribution in [0.2, 0.25) is 5.02 Å². The normalized spacial score (nSPS) is 11.5. The molecule has 2 aromatic rings. The number of amides is 1. The maximum atomic E-state index is 12.6. The minimum Gasteiger partial charge on any atom is -0.324 e. The van der Waals surface area contributed by atoms with E-state index in [-0.39, 0.29) is 11.4 Å². The summed E-state index contributed by atoms with van der Waals surface area (Å²) in [4.78, 5) is 12.3. The van der Waals surface area contributed by atoms with Gasteiger partial charge in [0.05, 0.1) is 22.2 Å². The second-order valence-electron chi connectivity index (χ2n) is 5.56. The quantitative estimate of drug-likeness (QED) is 0.883. The van der Waals surface area contributed by atoms with E-state index < -0.39 is 15.9 Å². The minimum absolute atomic E-state index is 0.196. The van der Waals surface area contributed by atoms with Gasteiger partial charge in [0, 0.05) is 7.05 Å². The molecule has 0 aliphatic heterocycles. The number of hydrogen-bond acceptors (Lipinski definition) is 3. The summed E-state index contributed by atoms with van der Waals surface area (Å²) in [7, 11) is -2.37. The van der Waals surface area contributed by atoms with E-state index in [2.05, 4.69) is 5.32 Å². The van der Waals surface area contributed by atoms with Crippen molar-refractivity contribution in [1.29, 1.82) is 0 Å². The van der Waals surface area contributed by atoms with E-state index in [4.69, 9.17) is 11.6 Å². The fourth-order valence-corrected chi connectivity index (χ4v) is 3.81. The van der Waals surface area contributed by atoms with Crippen LogP contribution in [0.1, 0.15) is 11.1 Å². The van der Waals surface area contributed by atoms with E-state index in [1.807, 2.05) is 6.92 Å². The van der Waals surface area contributed by atoms with Crippen LogP contribution in [0.4, 0.5) is 5.69 Å². The molecule has 0 atom stereocenters. The average molecular weight is 367 g/mol. The topological polar surface area (TPSA) is 66.5 Å². The molecule has 2 rings (SSSR count). The van der Waals surface area contributed by atoms with Crippen LogP contribution in [0.3, 0.4) is 0 Å². The highest BCUT2D eigenvalue weighted by Gasteiger charge is 2.24. The van der Waals surface area contributed by atoms with Crippen LogP contribution in [0, 0.1) is 13.8 Å². The fourth-order valence-electron chi connectivity index (χ4n) is 2.30. The summed E-state index contributed by atoms with van der Waals surface area (Å²) >= 11 is 5.98. The van der Waals surface area contributed by atoms with Crippen LogP contribution in [-0.4, -0.2) is 32.2 Å². The molecular weight excluding hydrogens is 348 g/mol. The number of benzene rings is 2. The van der Waals surface area contributed by atoms with Gasteiger partial charge in [-0.2, -0.15) is 4.31 Å². The van der Waals surface area contributed by atoms with Gasteiger partial charge in [-0.15, -0.1) is 0 Å². The molecule has 0 fully saturated rings. The number of likely N-dealkylation sites (N-methyl/N-ethyl adjacent to an activating group) is 1. The van der Waals surface area contributed by atoms with Crippen molar-refractivity contribution in [3.63, 3.8) is 0 Å². The summed E-state index contributed by atoms with van der Waals surface area (Å²) in [5.41, 5.74) is 2.07. The van der Waals surface area contributed by atoms with Crippen LogP contribution in [0.5, 0.6) is 0 Å². The molecule has 0 aliphatic rings. The number of nitrogens with zero attached hydrogens (tertiary/aromatic N) is 1. The first-order valence-electron chi connectivity index (χ1n) is 7.30. The molecule has 7 heteroatoms. The highest BCUT2D eigenvalue weighted by molar-refractivity contribution is 7.89. The van der Waals surface area contributed by atoms with E-state index in [1.165, 1.54) is 7.05 Å². The van der Waals surface area contributed by atoms with E-state index in [9.17, 15) is 13.2 Å². The van der Waals surface area contributed by atoms with Gasteiger partial charge in [-0.3, -0.25) is 4.79 Å². The summed E-state index contributed by atoms with van der Waals surface area (Å²) < 4.78 is 26.3. The zero-order valence-corrected chi connectivity index (χ0v) is 15.3. The van der Waals surface area contributed by atoms with Gasteiger partial charge in [-0.25, -0.2) is 8.42 Å². The molecule has 0 unspecified atom stereocenters. The minimum atomic E-state index is -3.74. The first-order valence-corrected chi connectivity index (χ1v) is 9.11. The molecule has 2 aromatic carbocycles. The Kier molecular flexibility index (Phi) is 5.64. The highest BCUT2D eigenvalue weighted by atomic mass is 35.5. The number of para-hydroxylation sites is 1. The van der Waals surface area contributed by atoms with Gasteiger partial charge in [0.25, 0.3) is 0 Å². The number of hydrogen-bond donors (Lipinski definition) is 1. The van der Waals surface area contributed by atoms with Crippen LogP contribution in [0.15, 0.2) is 47.4 Å². The van der Waals surface area contributed by atoms with Crippen LogP contribution in [0.25, 0.3) is 0 Å². The average Bonchev–Trinajstić information content (AvgIpc) is 2.49. The third kappa shape index (κ3) is 4.14. The molecule has 128 valence electrons. The van der Waals surface area contributed by atoms with Crippen molar-refractivity contribution >= 4 is 33.2 Å². The Bertz CT molecular complexity index is 866. The molecule has 0 aliphatic carbocycles. The number of aryl methyl sites for hydroxylation is 2. The Labute approximate surface area is 147 Å². The summed E-state index contributed by atoms with van der Waals surface area (Å²) in [5.74, 6) is -0.459. The summed E-state index contributed by atoms with van der Waals surface area (Å²) in [6, 6.07) is 11.9. The van der Waals surface area contributed by atoms with Crippen molar-refractivity contribution in [1.82, 2.24) is 4.31 Å². The van der Waals surface area contributed by atoms with Crippen molar-refractivity contribution in [3.8, 4) is 0 Å². The predicted molar refractivity (Wildman–Crippen MR) is 95.8 cm³/mol. The van der Waals surface area contributed by atoms with Crippen LogP contribution >= 0.6 is 11.6 Å². The van der Waals surface area contributed by atoms with Gasteiger partial charge < -0.3 is 5.32 Å². The van der Waals surface area contributed by atoms with Gasteiger partial charge in [0.15, 0.2) is 0 Å². The van der Waals surface area contributed by atoms with Crippen molar-refractivity contribution in [2.75, 3.05) is 18.9 Å². The molecule has 0 aromatic heterocycles. The zero-order chi connectivity index (χ0) is 17.9. The molecule has 0 spiro atoms. The third-order valence-corrected chi connectivity index (χ3v) is 5.83. The van der Waals surface area contributed by atoms with Gasteiger partial charge in [-0.1, -0.05) is 41.4 Å². The van der Waals surface area contributed by atoms with Gasteiger partial charge in [-0.05, 0) is 37.6 Å². The number of carbonyl (C=O) groups excluding carboxylic acids is 1. The van der Waals surface area contributed by atoms with Crippen LogP contribution < -0.4 is 5.32 Å². The van der Waals surface area contributed by atoms with Gasteiger partial charge in [0.2, 0.25) is 15.9 Å². The lowest BCUT2D eigenvalue weighted by Crippen LogP contribution is -2.35. The standard InChI is InChI=1S/C17H19ClN2O3S/c1-12-8-9-16(13(2)10-12)24(22,23)20(3)11-17(21)19-15-7-5-4-6-14(15)18/h4-10H,11H2,1-3H3,(H,19,21). The number of anilines is 1. The SMILES string of the molecule is Cc1ccc(S(=O)(=O)N(C)CC(=O)Nc2ccccc2Cl)c(C)c1. The maximum absolute atomic E-state index is 12.6. The Morgan fingerprint density at radius 2 is 1.83 bits per heavy atom. The van der Waals surface area contributed by atoms with Crippen molar-refractivity contribution in [2.24, 2.45) is 0 Å². The summed E-state index contributed by atoms with van der Waals surface area (Å²) in [5, 5.41) is 3.01. The largest absolute Gasteiger partial charge is 0.324 e. The number of rotatable bonds is 5. The summed E-state index contributed by atoms with van der Waals surface area (Å²) in [6.45, 7) is 3.32. The number of halogens is 1. The van der Waals surface area contributed by atoms with Gasteiger partial charge >= 0.3 is 0 Å². The highest BCUT2D eigenvalue weighted by Crippen LogP contribution is 2.22. The Balaban J connectivity index is 2.14. The Morgan fingerprint density at radius 1 is 1.17 bits per heavy atom. The Morgan fingerprint density at radius 3 is 2.46 bits per heavy atom. The molecule has 0 radical (unpaired) electrons. The lowest BCUT2D eigenvalue weighted by Gasteiger charge is -2.18. The molecule has 1 amide bonds. The smallest absolute Gasteiger partial charge is 0.243 e. The van der Waals surface area contributed by atoms with Crippen molar-refractivity contribution in [2.45, 2.75) is 18.7 Å². The molecule has 0 saturated carbocycles. The predicted octanol–water partition coefficient (Wildman–Crippen LogP) is 3.22. The van der Waals surface area contributed by atoms with Crippen LogP contribution in [-0.2, 0) is 14.8 Å². The third-order valence-electron chi connectivity index (χ3n) is 3.53.